The van der Waals surface area contributed by atoms with Crippen molar-refractivity contribution in [1.82, 2.24) is 4.98 Å². The minimum absolute atomic E-state index is 0.751. The zero-order valence-electron chi connectivity index (χ0n) is 6.24. The molecular weight excluding hydrogens is 186 g/mol. The van der Waals surface area contributed by atoms with E-state index in [9.17, 15) is 0 Å². The molecule has 0 aliphatic rings. The average Bonchev–Trinajstić information content (AvgIpc) is 2.03. The number of aromatic amines is 1. The van der Waals surface area contributed by atoms with Crippen LogP contribution in [0.4, 0.5) is 0 Å². The maximum absolute atomic E-state index is 5.00. The molecule has 0 bridgehead atoms. The lowest BCUT2D eigenvalue weighted by Crippen LogP contribution is -1.78. The van der Waals surface area contributed by atoms with Gasteiger partial charge in [0.2, 0.25) is 0 Å². The number of pyridine rings is 1. The van der Waals surface area contributed by atoms with Crippen molar-refractivity contribution < 1.29 is 0 Å². The highest BCUT2D eigenvalue weighted by Crippen LogP contribution is 2.15. The number of benzene rings is 1. The van der Waals surface area contributed by atoms with Crippen LogP contribution in [-0.4, -0.2) is 4.98 Å². The molecule has 0 aliphatic carbocycles. The van der Waals surface area contributed by atoms with Crippen molar-refractivity contribution in [2.45, 2.75) is 4.90 Å². The van der Waals surface area contributed by atoms with Crippen LogP contribution in [0.25, 0.3) is 10.9 Å². The summed E-state index contributed by atoms with van der Waals surface area (Å²) in [7, 11) is 0. The second-order valence-electron chi connectivity index (χ2n) is 2.59. The minimum Gasteiger partial charge on any atom is -0.346 e. The van der Waals surface area contributed by atoms with Crippen LogP contribution in [-0.2, 0) is 0 Å². The Morgan fingerprint density at radius 3 is 2.75 bits per heavy atom. The zero-order valence-corrected chi connectivity index (χ0v) is 7.95. The van der Waals surface area contributed by atoms with Crippen molar-refractivity contribution in [1.29, 1.82) is 0 Å². The van der Waals surface area contributed by atoms with Gasteiger partial charge in [0, 0.05) is 10.4 Å². The lowest BCUT2D eigenvalue weighted by atomic mass is 10.2. The molecule has 60 valence electrons. The number of hydrogen-bond donors (Lipinski definition) is 2. The number of thiol groups is 1. The predicted octanol–water partition coefficient (Wildman–Crippen LogP) is 3.19. The van der Waals surface area contributed by atoms with Crippen molar-refractivity contribution in [2.24, 2.45) is 0 Å². The van der Waals surface area contributed by atoms with E-state index in [0.29, 0.717) is 0 Å². The molecule has 0 spiro atoms. The fourth-order valence-corrected chi connectivity index (χ4v) is 1.52. The third-order valence-corrected chi connectivity index (χ3v) is 2.23. The van der Waals surface area contributed by atoms with E-state index in [-0.39, 0.29) is 0 Å². The number of fused-ring (bicyclic) bond motifs is 1. The lowest BCUT2D eigenvalue weighted by Gasteiger charge is -1.97. The standard InChI is InChI=1S/C9H7NS2/c11-7-3-1-6-2-4-9(12)10-8(6)5-7/h1-5,11H,(H,10,12). The summed E-state index contributed by atoms with van der Waals surface area (Å²) in [6, 6.07) is 9.83. The summed E-state index contributed by atoms with van der Waals surface area (Å²) in [5.41, 5.74) is 1.04. The minimum atomic E-state index is 0.751. The van der Waals surface area contributed by atoms with Gasteiger partial charge in [0.25, 0.3) is 0 Å². The first-order valence-corrected chi connectivity index (χ1v) is 4.43. The molecule has 1 nitrogen and oxygen atoms in total. The Morgan fingerprint density at radius 2 is 1.92 bits per heavy atom. The van der Waals surface area contributed by atoms with Crippen molar-refractivity contribution in [3.8, 4) is 0 Å². The maximum Gasteiger partial charge on any atom is 0.103 e. The quantitative estimate of drug-likeness (QED) is 0.485. The first-order chi connectivity index (χ1) is 5.75. The lowest BCUT2D eigenvalue weighted by molar-refractivity contribution is 1.35. The van der Waals surface area contributed by atoms with Gasteiger partial charge in [-0.05, 0) is 29.7 Å². The topological polar surface area (TPSA) is 15.8 Å². The summed E-state index contributed by atoms with van der Waals surface area (Å²) >= 11 is 9.24. The van der Waals surface area contributed by atoms with Crippen molar-refractivity contribution in [3.05, 3.63) is 35.0 Å². The summed E-state index contributed by atoms with van der Waals surface area (Å²) in [6.45, 7) is 0. The fraction of sp³-hybridized carbons (Fsp3) is 0. The van der Waals surface area contributed by atoms with E-state index < -0.39 is 0 Å². The van der Waals surface area contributed by atoms with E-state index in [1.165, 1.54) is 0 Å². The van der Waals surface area contributed by atoms with Gasteiger partial charge in [0.1, 0.15) is 4.64 Å². The van der Waals surface area contributed by atoms with E-state index in [2.05, 4.69) is 17.6 Å². The van der Waals surface area contributed by atoms with Crippen molar-refractivity contribution >= 4 is 35.7 Å². The maximum atomic E-state index is 5.00. The van der Waals surface area contributed by atoms with Gasteiger partial charge in [-0.2, -0.15) is 0 Å². The zero-order chi connectivity index (χ0) is 8.55. The molecule has 3 heteroatoms. The molecule has 1 aromatic heterocycles. The molecule has 0 saturated heterocycles. The number of rotatable bonds is 0. The van der Waals surface area contributed by atoms with Gasteiger partial charge in [0.15, 0.2) is 0 Å². The molecule has 0 amide bonds. The monoisotopic (exact) mass is 193 g/mol. The summed E-state index contributed by atoms with van der Waals surface area (Å²) < 4.78 is 0.751. The van der Waals surface area contributed by atoms with E-state index in [1.54, 1.807) is 0 Å². The first-order valence-electron chi connectivity index (χ1n) is 3.58. The summed E-state index contributed by atoms with van der Waals surface area (Å²) in [5, 5.41) is 1.15. The third kappa shape index (κ3) is 1.38. The Morgan fingerprint density at radius 1 is 1.17 bits per heavy atom. The molecule has 12 heavy (non-hydrogen) atoms. The molecule has 1 heterocycles. The van der Waals surface area contributed by atoms with E-state index in [4.69, 9.17) is 12.2 Å². The highest BCUT2D eigenvalue weighted by molar-refractivity contribution is 7.80. The Hall–Kier alpha value is -0.800. The fourth-order valence-electron chi connectivity index (χ4n) is 1.14. The molecule has 0 atom stereocenters. The molecule has 0 radical (unpaired) electrons. The largest absolute Gasteiger partial charge is 0.346 e. The highest BCUT2D eigenvalue weighted by Gasteiger charge is 1.92. The van der Waals surface area contributed by atoms with Crippen LogP contribution in [0.3, 0.4) is 0 Å². The molecule has 0 fully saturated rings. The van der Waals surface area contributed by atoms with E-state index >= 15 is 0 Å². The van der Waals surface area contributed by atoms with Gasteiger partial charge < -0.3 is 4.98 Å². The first kappa shape index (κ1) is 7.83. The Balaban J connectivity index is 2.89. The van der Waals surface area contributed by atoms with Crippen LogP contribution in [0.2, 0.25) is 0 Å². The smallest absolute Gasteiger partial charge is 0.103 e. The molecule has 1 N–H and O–H groups in total. The Labute approximate surface area is 80.8 Å². The van der Waals surface area contributed by atoms with E-state index in [1.807, 2.05) is 30.3 Å². The van der Waals surface area contributed by atoms with Gasteiger partial charge in [-0.15, -0.1) is 12.6 Å². The normalized spacial score (nSPS) is 10.4. The average molecular weight is 193 g/mol. The van der Waals surface area contributed by atoms with E-state index in [0.717, 1.165) is 20.4 Å². The summed E-state index contributed by atoms with van der Waals surface area (Å²) in [6.07, 6.45) is 0. The number of nitrogens with one attached hydrogen (secondary N) is 1. The number of aromatic nitrogens is 1. The predicted molar refractivity (Wildman–Crippen MR) is 56.4 cm³/mol. The van der Waals surface area contributed by atoms with Gasteiger partial charge in [-0.3, -0.25) is 0 Å². The molecule has 2 rings (SSSR count). The number of H-pyrrole nitrogens is 1. The second-order valence-corrected chi connectivity index (χ2v) is 3.55. The Kier molecular flexibility index (Phi) is 1.90. The Bertz CT molecular complexity index is 473. The van der Waals surface area contributed by atoms with Crippen LogP contribution in [0.1, 0.15) is 0 Å². The van der Waals surface area contributed by atoms with Gasteiger partial charge in [-0.1, -0.05) is 18.3 Å². The second kappa shape index (κ2) is 2.92. The molecule has 0 aliphatic heterocycles. The van der Waals surface area contributed by atoms with Crippen LogP contribution in [0.5, 0.6) is 0 Å². The van der Waals surface area contributed by atoms with Crippen LogP contribution >= 0.6 is 24.8 Å². The number of hydrogen-bond acceptors (Lipinski definition) is 2. The van der Waals surface area contributed by atoms with Crippen molar-refractivity contribution in [2.75, 3.05) is 0 Å². The summed E-state index contributed by atoms with van der Waals surface area (Å²) in [4.78, 5) is 4.04. The molecule has 0 saturated carbocycles. The van der Waals surface area contributed by atoms with Gasteiger partial charge in [-0.25, -0.2) is 0 Å². The van der Waals surface area contributed by atoms with Crippen LogP contribution < -0.4 is 0 Å². The molecular formula is C9H7NS2. The van der Waals surface area contributed by atoms with Crippen molar-refractivity contribution in [3.63, 3.8) is 0 Å². The molecule has 0 unspecified atom stereocenters. The SMILES string of the molecule is S=c1ccc2ccc(S)cc2[nH]1. The summed E-state index contributed by atoms with van der Waals surface area (Å²) in [5.74, 6) is 0. The molecule has 2 aromatic rings. The van der Waals surface area contributed by atoms with Crippen LogP contribution in [0.15, 0.2) is 35.2 Å². The van der Waals surface area contributed by atoms with Crippen LogP contribution in [0, 0.1) is 4.64 Å². The van der Waals surface area contributed by atoms with Gasteiger partial charge >= 0.3 is 0 Å². The highest BCUT2D eigenvalue weighted by atomic mass is 32.1. The third-order valence-electron chi connectivity index (χ3n) is 1.71. The molecule has 1 aromatic carbocycles. The van der Waals surface area contributed by atoms with Gasteiger partial charge in [0.05, 0.1) is 0 Å².